The number of methoxy groups -OCH3 is 2. The molecule has 1 aromatic carbocycles. The maximum absolute atomic E-state index is 11.9. The largest absolute Gasteiger partial charge is 0.497 e. The molecule has 1 heterocycles. The Balaban J connectivity index is 2.17. The lowest BCUT2D eigenvalue weighted by Gasteiger charge is -2.19. The summed E-state index contributed by atoms with van der Waals surface area (Å²) in [5.74, 6) is 1.36. The van der Waals surface area contributed by atoms with Crippen LogP contribution in [0.3, 0.4) is 0 Å². The SMILES string of the molecule is COc1ccc(CN(C)Cn2cc([N+](=O)[O-])ccc2=O)c(OC)c1. The van der Waals surface area contributed by atoms with Crippen molar-refractivity contribution in [2.75, 3.05) is 21.3 Å². The third kappa shape index (κ3) is 4.11. The van der Waals surface area contributed by atoms with Gasteiger partial charge in [-0.1, -0.05) is 6.07 Å². The molecule has 0 unspecified atom stereocenters. The molecule has 0 saturated carbocycles. The highest BCUT2D eigenvalue weighted by atomic mass is 16.6. The summed E-state index contributed by atoms with van der Waals surface area (Å²) in [7, 11) is 4.97. The first kappa shape index (κ1) is 17.5. The van der Waals surface area contributed by atoms with E-state index in [4.69, 9.17) is 9.47 Å². The van der Waals surface area contributed by atoms with Crippen molar-refractivity contribution in [3.8, 4) is 11.5 Å². The third-order valence-corrected chi connectivity index (χ3v) is 3.51. The van der Waals surface area contributed by atoms with Crippen LogP contribution >= 0.6 is 0 Å². The normalized spacial score (nSPS) is 10.7. The maximum Gasteiger partial charge on any atom is 0.285 e. The van der Waals surface area contributed by atoms with Gasteiger partial charge in [0.25, 0.3) is 11.2 Å². The Labute approximate surface area is 139 Å². The lowest BCUT2D eigenvalue weighted by molar-refractivity contribution is -0.385. The van der Waals surface area contributed by atoms with Gasteiger partial charge in [-0.05, 0) is 13.1 Å². The van der Waals surface area contributed by atoms with Crippen LogP contribution in [0.1, 0.15) is 5.56 Å². The Kier molecular flexibility index (Phi) is 5.54. The summed E-state index contributed by atoms with van der Waals surface area (Å²) < 4.78 is 11.8. The number of hydrogen-bond donors (Lipinski definition) is 0. The molecule has 128 valence electrons. The Morgan fingerprint density at radius 1 is 1.21 bits per heavy atom. The monoisotopic (exact) mass is 333 g/mol. The number of rotatable bonds is 7. The summed E-state index contributed by atoms with van der Waals surface area (Å²) in [4.78, 5) is 24.0. The minimum absolute atomic E-state index is 0.120. The standard InChI is InChI=1S/C16H19N3O5/c1-17(9-12-4-6-14(23-2)8-15(12)24-3)11-18-10-13(19(21)22)5-7-16(18)20/h4-8,10H,9,11H2,1-3H3. The van der Waals surface area contributed by atoms with Crippen LogP contribution in [0.5, 0.6) is 11.5 Å². The van der Waals surface area contributed by atoms with Crippen LogP contribution < -0.4 is 15.0 Å². The number of benzene rings is 1. The van der Waals surface area contributed by atoms with Gasteiger partial charge >= 0.3 is 0 Å². The van der Waals surface area contributed by atoms with Crippen molar-refractivity contribution in [1.82, 2.24) is 9.47 Å². The molecule has 0 radical (unpaired) electrons. The van der Waals surface area contributed by atoms with Gasteiger partial charge in [0.1, 0.15) is 11.5 Å². The molecule has 0 aliphatic rings. The zero-order valence-corrected chi connectivity index (χ0v) is 13.8. The lowest BCUT2D eigenvalue weighted by atomic mass is 10.2. The molecule has 0 aliphatic carbocycles. The molecule has 0 atom stereocenters. The van der Waals surface area contributed by atoms with Gasteiger partial charge in [0.05, 0.1) is 32.0 Å². The molecule has 1 aromatic heterocycles. The quantitative estimate of drug-likeness (QED) is 0.568. The molecular formula is C16H19N3O5. The molecular weight excluding hydrogens is 314 g/mol. The fourth-order valence-corrected chi connectivity index (χ4v) is 2.32. The van der Waals surface area contributed by atoms with Crippen LogP contribution in [0.2, 0.25) is 0 Å². The number of pyridine rings is 1. The summed E-state index contributed by atoms with van der Waals surface area (Å²) in [5, 5.41) is 10.8. The molecule has 0 aliphatic heterocycles. The second kappa shape index (κ2) is 7.60. The van der Waals surface area contributed by atoms with E-state index in [2.05, 4.69) is 0 Å². The van der Waals surface area contributed by atoms with Crippen molar-refractivity contribution in [3.63, 3.8) is 0 Å². The van der Waals surface area contributed by atoms with Crippen LogP contribution in [0.4, 0.5) is 5.69 Å². The van der Waals surface area contributed by atoms with Crippen LogP contribution in [0, 0.1) is 10.1 Å². The lowest BCUT2D eigenvalue weighted by Crippen LogP contribution is -2.29. The highest BCUT2D eigenvalue weighted by Gasteiger charge is 2.11. The van der Waals surface area contributed by atoms with E-state index in [1.807, 2.05) is 24.1 Å². The predicted molar refractivity (Wildman–Crippen MR) is 88.4 cm³/mol. The molecule has 0 spiro atoms. The van der Waals surface area contributed by atoms with Gasteiger partial charge in [0, 0.05) is 30.3 Å². The summed E-state index contributed by atoms with van der Waals surface area (Å²) in [6.45, 7) is 0.720. The second-order valence-electron chi connectivity index (χ2n) is 5.29. The first-order chi connectivity index (χ1) is 11.4. The highest BCUT2D eigenvalue weighted by molar-refractivity contribution is 5.40. The summed E-state index contributed by atoms with van der Waals surface area (Å²) in [6, 6.07) is 7.88. The molecule has 0 saturated heterocycles. The number of hydrogen-bond acceptors (Lipinski definition) is 6. The van der Waals surface area contributed by atoms with Crippen LogP contribution in [0.15, 0.2) is 41.3 Å². The van der Waals surface area contributed by atoms with Gasteiger partial charge in [-0.2, -0.15) is 0 Å². The van der Waals surface area contributed by atoms with Crippen molar-refractivity contribution in [2.24, 2.45) is 0 Å². The van der Waals surface area contributed by atoms with Gasteiger partial charge in [-0.3, -0.25) is 24.4 Å². The Morgan fingerprint density at radius 3 is 2.58 bits per heavy atom. The van der Waals surface area contributed by atoms with Crippen molar-refractivity contribution in [1.29, 1.82) is 0 Å². The maximum atomic E-state index is 11.9. The second-order valence-corrected chi connectivity index (χ2v) is 5.29. The minimum Gasteiger partial charge on any atom is -0.497 e. The average Bonchev–Trinajstić information content (AvgIpc) is 2.56. The smallest absolute Gasteiger partial charge is 0.285 e. The van der Waals surface area contributed by atoms with Crippen LogP contribution in [-0.2, 0) is 13.2 Å². The van der Waals surface area contributed by atoms with Gasteiger partial charge in [-0.15, -0.1) is 0 Å². The van der Waals surface area contributed by atoms with E-state index in [1.165, 1.54) is 22.9 Å². The molecule has 24 heavy (non-hydrogen) atoms. The molecule has 2 aromatic rings. The molecule has 8 nitrogen and oxygen atoms in total. The zero-order chi connectivity index (χ0) is 17.7. The third-order valence-electron chi connectivity index (χ3n) is 3.51. The molecule has 0 bridgehead atoms. The highest BCUT2D eigenvalue weighted by Crippen LogP contribution is 2.25. The fourth-order valence-electron chi connectivity index (χ4n) is 2.32. The van der Waals surface area contributed by atoms with E-state index >= 15 is 0 Å². The fraction of sp³-hybridized carbons (Fsp3) is 0.312. The number of aromatic nitrogens is 1. The van der Waals surface area contributed by atoms with Gasteiger partial charge in [0.15, 0.2) is 0 Å². The first-order valence-electron chi connectivity index (χ1n) is 7.19. The van der Waals surface area contributed by atoms with Gasteiger partial charge < -0.3 is 9.47 Å². The van der Waals surface area contributed by atoms with E-state index in [9.17, 15) is 14.9 Å². The van der Waals surface area contributed by atoms with E-state index in [0.717, 1.165) is 5.56 Å². The topological polar surface area (TPSA) is 86.8 Å². The minimum atomic E-state index is -0.525. The Morgan fingerprint density at radius 2 is 1.96 bits per heavy atom. The predicted octanol–water partition coefficient (Wildman–Crippen LogP) is 1.86. The first-order valence-corrected chi connectivity index (χ1v) is 7.19. The summed E-state index contributed by atoms with van der Waals surface area (Å²) >= 11 is 0. The van der Waals surface area contributed by atoms with Crippen LogP contribution in [0.25, 0.3) is 0 Å². The van der Waals surface area contributed by atoms with Crippen LogP contribution in [-0.4, -0.2) is 35.7 Å². The van der Waals surface area contributed by atoms with E-state index in [1.54, 1.807) is 20.3 Å². The molecule has 0 N–H and O–H groups in total. The molecule has 2 rings (SSSR count). The van der Waals surface area contributed by atoms with Gasteiger partial charge in [-0.25, -0.2) is 0 Å². The number of nitrogens with zero attached hydrogens (tertiary/aromatic N) is 3. The van der Waals surface area contributed by atoms with E-state index in [-0.39, 0.29) is 17.9 Å². The van der Waals surface area contributed by atoms with Crippen molar-refractivity contribution in [2.45, 2.75) is 13.2 Å². The van der Waals surface area contributed by atoms with Gasteiger partial charge in [0.2, 0.25) is 0 Å². The number of ether oxygens (including phenoxy) is 2. The number of nitro groups is 1. The van der Waals surface area contributed by atoms with Crippen molar-refractivity contribution >= 4 is 5.69 Å². The van der Waals surface area contributed by atoms with Crippen molar-refractivity contribution < 1.29 is 14.4 Å². The van der Waals surface area contributed by atoms with Crippen molar-refractivity contribution in [3.05, 3.63) is 62.6 Å². The summed E-state index contributed by atoms with van der Waals surface area (Å²) in [6.07, 6.45) is 1.24. The Bertz CT molecular complexity index is 788. The molecule has 8 heteroatoms. The Hall–Kier alpha value is -2.87. The van der Waals surface area contributed by atoms with E-state index < -0.39 is 4.92 Å². The average molecular weight is 333 g/mol. The molecule has 0 fully saturated rings. The zero-order valence-electron chi connectivity index (χ0n) is 13.8. The molecule has 0 amide bonds. The van der Waals surface area contributed by atoms with E-state index in [0.29, 0.717) is 18.0 Å². The summed E-state index contributed by atoms with van der Waals surface area (Å²) in [5.41, 5.74) is 0.499.